The van der Waals surface area contributed by atoms with Crippen LogP contribution in [0.25, 0.3) is 16.9 Å². The van der Waals surface area contributed by atoms with Crippen LogP contribution in [-0.4, -0.2) is 14.5 Å². The van der Waals surface area contributed by atoms with Crippen LogP contribution in [0.3, 0.4) is 0 Å². The predicted octanol–water partition coefficient (Wildman–Crippen LogP) is 2.73. The molecule has 2 aromatic heterocycles. The lowest BCUT2D eigenvalue weighted by molar-refractivity contribution is 0.446. The molecule has 1 aromatic carbocycles. The second-order valence-electron chi connectivity index (χ2n) is 4.33. The van der Waals surface area contributed by atoms with Gasteiger partial charge in [0.25, 0.3) is 0 Å². The Hall–Kier alpha value is -2.57. The first-order valence-electron chi connectivity index (χ1n) is 5.73. The number of nitrogen functional groups attached to an aromatic ring is 1. The molecule has 0 aliphatic heterocycles. The third kappa shape index (κ3) is 1.70. The first-order valence-corrected chi connectivity index (χ1v) is 5.73. The monoisotopic (exact) mass is 278 g/mol. The fourth-order valence-electron chi connectivity index (χ4n) is 2.04. The molecule has 3 aromatic rings. The van der Waals surface area contributed by atoms with Gasteiger partial charge in [0.05, 0.1) is 5.69 Å². The number of halogens is 3. The number of rotatable bonds is 1. The molecule has 20 heavy (non-hydrogen) atoms. The van der Waals surface area contributed by atoms with E-state index >= 15 is 0 Å². The van der Waals surface area contributed by atoms with E-state index in [0.717, 1.165) is 17.7 Å². The van der Waals surface area contributed by atoms with Crippen LogP contribution in [0.1, 0.15) is 5.56 Å². The van der Waals surface area contributed by atoms with E-state index in [1.54, 1.807) is 6.07 Å². The molecule has 3 rings (SSSR count). The topological polar surface area (TPSA) is 56.7 Å². The van der Waals surface area contributed by atoms with Gasteiger partial charge in [-0.15, -0.1) is 0 Å². The smallest absolute Gasteiger partial charge is 0.207 e. The average Bonchev–Trinajstić information content (AvgIpc) is 2.73. The molecule has 7 heteroatoms. The van der Waals surface area contributed by atoms with Crippen LogP contribution in [0.4, 0.5) is 19.1 Å². The molecule has 102 valence electrons. The number of hydrogen-bond donors (Lipinski definition) is 1. The highest BCUT2D eigenvalue weighted by molar-refractivity contribution is 5.79. The van der Waals surface area contributed by atoms with Crippen molar-refractivity contribution in [1.29, 1.82) is 0 Å². The molecule has 0 fully saturated rings. The number of hydrogen-bond acceptors (Lipinski definition) is 3. The lowest BCUT2D eigenvalue weighted by atomic mass is 10.2. The molecular weight excluding hydrogens is 269 g/mol. The normalized spacial score (nSPS) is 11.2. The minimum atomic E-state index is -1.53. The summed E-state index contributed by atoms with van der Waals surface area (Å²) in [5, 5.41) is 0. The van der Waals surface area contributed by atoms with E-state index in [4.69, 9.17) is 5.73 Å². The van der Waals surface area contributed by atoms with Crippen LogP contribution < -0.4 is 5.73 Å². The van der Waals surface area contributed by atoms with Gasteiger partial charge in [-0.1, -0.05) is 0 Å². The van der Waals surface area contributed by atoms with E-state index in [-0.39, 0.29) is 11.6 Å². The predicted molar refractivity (Wildman–Crippen MR) is 67.9 cm³/mol. The van der Waals surface area contributed by atoms with Crippen molar-refractivity contribution in [3.05, 3.63) is 47.4 Å². The Morgan fingerprint density at radius 2 is 1.80 bits per heavy atom. The second kappa shape index (κ2) is 4.22. The Kier molecular flexibility index (Phi) is 2.63. The van der Waals surface area contributed by atoms with Crippen molar-refractivity contribution < 1.29 is 13.2 Å². The standard InChI is InChI=1S/C13H9F3N4/c1-6-2-3-18-12-11(6)19-13(17)20(12)7-4-8(14)10(16)9(15)5-7/h2-5H,1H3,(H2,17,19). The van der Waals surface area contributed by atoms with Crippen molar-refractivity contribution in [3.8, 4) is 5.69 Å². The van der Waals surface area contributed by atoms with E-state index in [2.05, 4.69) is 9.97 Å². The number of benzene rings is 1. The number of nitrogens with two attached hydrogens (primary N) is 1. The van der Waals surface area contributed by atoms with E-state index in [0.29, 0.717) is 11.2 Å². The van der Waals surface area contributed by atoms with E-state index in [1.807, 2.05) is 6.92 Å². The molecular formula is C13H9F3N4. The molecule has 2 N–H and O–H groups in total. The van der Waals surface area contributed by atoms with Gasteiger partial charge in [0.15, 0.2) is 23.1 Å². The van der Waals surface area contributed by atoms with Gasteiger partial charge in [0, 0.05) is 18.3 Å². The van der Waals surface area contributed by atoms with Crippen molar-refractivity contribution in [2.75, 3.05) is 5.73 Å². The molecule has 0 aliphatic carbocycles. The quantitative estimate of drug-likeness (QED) is 0.696. The summed E-state index contributed by atoms with van der Waals surface area (Å²) in [6.45, 7) is 1.81. The molecule has 0 bridgehead atoms. The van der Waals surface area contributed by atoms with Crippen LogP contribution >= 0.6 is 0 Å². The average molecular weight is 278 g/mol. The summed E-state index contributed by atoms with van der Waals surface area (Å²) in [6.07, 6.45) is 1.53. The Bertz CT molecular complexity index is 803. The third-order valence-electron chi connectivity index (χ3n) is 3.00. The number of pyridine rings is 1. The molecule has 0 radical (unpaired) electrons. The Labute approximate surface area is 111 Å². The number of fused-ring (bicyclic) bond motifs is 1. The molecule has 0 aliphatic rings. The van der Waals surface area contributed by atoms with Gasteiger partial charge in [-0.05, 0) is 18.6 Å². The summed E-state index contributed by atoms with van der Waals surface area (Å²) in [7, 11) is 0. The Morgan fingerprint density at radius 3 is 2.45 bits per heavy atom. The lowest BCUT2D eigenvalue weighted by Crippen LogP contribution is -2.04. The maximum Gasteiger partial charge on any atom is 0.207 e. The zero-order chi connectivity index (χ0) is 14.4. The zero-order valence-corrected chi connectivity index (χ0v) is 10.4. The molecule has 4 nitrogen and oxygen atoms in total. The van der Waals surface area contributed by atoms with Crippen LogP contribution in [-0.2, 0) is 0 Å². The van der Waals surface area contributed by atoms with Gasteiger partial charge in [0.1, 0.15) is 5.52 Å². The number of aryl methyl sites for hydroxylation is 1. The third-order valence-corrected chi connectivity index (χ3v) is 3.00. The van der Waals surface area contributed by atoms with Gasteiger partial charge < -0.3 is 5.73 Å². The summed E-state index contributed by atoms with van der Waals surface area (Å²) >= 11 is 0. The molecule has 0 amide bonds. The minimum absolute atomic E-state index is 0.0206. The van der Waals surface area contributed by atoms with E-state index < -0.39 is 17.5 Å². The number of nitrogens with zero attached hydrogens (tertiary/aromatic N) is 3. The highest BCUT2D eigenvalue weighted by atomic mass is 19.2. The van der Waals surface area contributed by atoms with Crippen molar-refractivity contribution >= 4 is 17.1 Å². The van der Waals surface area contributed by atoms with Crippen LogP contribution in [0.2, 0.25) is 0 Å². The summed E-state index contributed by atoms with van der Waals surface area (Å²) < 4.78 is 40.9. The summed E-state index contributed by atoms with van der Waals surface area (Å²) in [6, 6.07) is 3.44. The minimum Gasteiger partial charge on any atom is -0.369 e. The fraction of sp³-hybridized carbons (Fsp3) is 0.0769. The van der Waals surface area contributed by atoms with Gasteiger partial charge in [-0.3, -0.25) is 4.57 Å². The fourth-order valence-corrected chi connectivity index (χ4v) is 2.04. The van der Waals surface area contributed by atoms with Crippen molar-refractivity contribution in [2.45, 2.75) is 6.92 Å². The largest absolute Gasteiger partial charge is 0.369 e. The van der Waals surface area contributed by atoms with E-state index in [1.165, 1.54) is 10.8 Å². The van der Waals surface area contributed by atoms with Crippen LogP contribution in [0.15, 0.2) is 24.4 Å². The molecule has 0 saturated heterocycles. The van der Waals surface area contributed by atoms with E-state index in [9.17, 15) is 13.2 Å². The summed E-state index contributed by atoms with van der Waals surface area (Å²) in [5.41, 5.74) is 7.49. The maximum atomic E-state index is 13.3. The number of imidazole rings is 1. The Balaban J connectivity index is 2.35. The zero-order valence-electron chi connectivity index (χ0n) is 10.4. The summed E-state index contributed by atoms with van der Waals surface area (Å²) in [5.74, 6) is -4.10. The van der Waals surface area contributed by atoms with Crippen molar-refractivity contribution in [1.82, 2.24) is 14.5 Å². The van der Waals surface area contributed by atoms with Gasteiger partial charge in [0.2, 0.25) is 5.95 Å². The maximum absolute atomic E-state index is 13.3. The summed E-state index contributed by atoms with van der Waals surface area (Å²) in [4.78, 5) is 8.21. The number of aromatic nitrogens is 3. The van der Waals surface area contributed by atoms with Crippen LogP contribution in [0.5, 0.6) is 0 Å². The highest BCUT2D eigenvalue weighted by Gasteiger charge is 2.17. The first kappa shape index (κ1) is 12.5. The second-order valence-corrected chi connectivity index (χ2v) is 4.33. The highest BCUT2D eigenvalue weighted by Crippen LogP contribution is 2.25. The van der Waals surface area contributed by atoms with Crippen LogP contribution in [0, 0.1) is 24.4 Å². The SMILES string of the molecule is Cc1ccnc2c1nc(N)n2-c1cc(F)c(F)c(F)c1. The van der Waals surface area contributed by atoms with Crippen molar-refractivity contribution in [2.24, 2.45) is 0 Å². The number of anilines is 1. The van der Waals surface area contributed by atoms with Gasteiger partial charge in [-0.2, -0.15) is 0 Å². The van der Waals surface area contributed by atoms with Gasteiger partial charge >= 0.3 is 0 Å². The molecule has 0 atom stereocenters. The van der Waals surface area contributed by atoms with Crippen molar-refractivity contribution in [3.63, 3.8) is 0 Å². The van der Waals surface area contributed by atoms with Gasteiger partial charge in [-0.25, -0.2) is 23.1 Å². The molecule has 0 unspecified atom stereocenters. The lowest BCUT2D eigenvalue weighted by Gasteiger charge is -2.07. The molecule has 0 saturated carbocycles. The molecule has 0 spiro atoms. The molecule has 2 heterocycles. The Morgan fingerprint density at radius 1 is 1.15 bits per heavy atom. The first-order chi connectivity index (χ1) is 9.49.